The highest BCUT2D eigenvalue weighted by Gasteiger charge is 2.12. The van der Waals surface area contributed by atoms with Crippen LogP contribution in [0.2, 0.25) is 10.2 Å². The number of hydrogen-bond acceptors (Lipinski definition) is 2. The third-order valence-corrected chi connectivity index (χ3v) is 3.42. The van der Waals surface area contributed by atoms with E-state index in [1.54, 1.807) is 19.1 Å². The zero-order chi connectivity index (χ0) is 15.4. The fourth-order valence-electron chi connectivity index (χ4n) is 2.13. The van der Waals surface area contributed by atoms with Crippen LogP contribution in [0.15, 0.2) is 36.4 Å². The molecular weight excluding hydrogens is 307 g/mol. The fraction of sp³-hybridized carbons (Fsp3) is 0.250. The molecule has 110 valence electrons. The van der Waals surface area contributed by atoms with Gasteiger partial charge in [-0.25, -0.2) is 4.98 Å². The molecule has 0 fully saturated rings. The van der Waals surface area contributed by atoms with Gasteiger partial charge in [-0.2, -0.15) is 0 Å². The van der Waals surface area contributed by atoms with E-state index in [0.29, 0.717) is 22.2 Å². The maximum Gasteiger partial charge on any atom is 0.251 e. The summed E-state index contributed by atoms with van der Waals surface area (Å²) < 4.78 is 0. The minimum Gasteiger partial charge on any atom is -0.349 e. The van der Waals surface area contributed by atoms with E-state index in [1.807, 2.05) is 31.2 Å². The highest BCUT2D eigenvalue weighted by atomic mass is 35.5. The van der Waals surface area contributed by atoms with Crippen LogP contribution in [0.3, 0.4) is 0 Å². The van der Waals surface area contributed by atoms with E-state index in [1.165, 1.54) is 0 Å². The summed E-state index contributed by atoms with van der Waals surface area (Å²) in [7, 11) is 0. The van der Waals surface area contributed by atoms with E-state index in [4.69, 9.17) is 23.2 Å². The first kappa shape index (κ1) is 15.8. The number of carbonyl (C=O) groups is 1. The lowest BCUT2D eigenvalue weighted by molar-refractivity contribution is 0.0940. The molecule has 1 unspecified atom stereocenters. The van der Waals surface area contributed by atoms with E-state index in [-0.39, 0.29) is 11.9 Å². The molecule has 2 aromatic rings. The van der Waals surface area contributed by atoms with Crippen molar-refractivity contribution < 1.29 is 4.79 Å². The number of pyridine rings is 1. The Hall–Kier alpha value is -1.58. The van der Waals surface area contributed by atoms with Gasteiger partial charge in [0.1, 0.15) is 5.15 Å². The van der Waals surface area contributed by atoms with Crippen LogP contribution in [-0.4, -0.2) is 16.9 Å². The molecule has 1 heterocycles. The SMILES string of the molecule is Cc1cc(C(=O)NC(C)Cc2cccc(Cl)c2)cc(Cl)n1. The van der Waals surface area contributed by atoms with Crippen molar-refractivity contribution in [2.24, 2.45) is 0 Å². The molecule has 1 aromatic heterocycles. The van der Waals surface area contributed by atoms with Crippen LogP contribution in [0.1, 0.15) is 28.5 Å². The van der Waals surface area contributed by atoms with Crippen molar-refractivity contribution in [3.8, 4) is 0 Å². The zero-order valence-electron chi connectivity index (χ0n) is 11.9. The largest absolute Gasteiger partial charge is 0.349 e. The second-order valence-corrected chi connectivity index (χ2v) is 5.85. The summed E-state index contributed by atoms with van der Waals surface area (Å²) in [4.78, 5) is 16.2. The average Bonchev–Trinajstić information content (AvgIpc) is 2.37. The number of nitrogens with one attached hydrogen (secondary N) is 1. The van der Waals surface area contributed by atoms with Gasteiger partial charge in [0.15, 0.2) is 0 Å². The van der Waals surface area contributed by atoms with Crippen molar-refractivity contribution in [3.05, 3.63) is 63.4 Å². The second-order valence-electron chi connectivity index (χ2n) is 5.03. The molecule has 0 spiro atoms. The molecule has 0 aliphatic rings. The smallest absolute Gasteiger partial charge is 0.251 e. The molecule has 1 N–H and O–H groups in total. The number of carbonyl (C=O) groups excluding carboxylic acids is 1. The molecule has 1 aromatic carbocycles. The topological polar surface area (TPSA) is 42.0 Å². The van der Waals surface area contributed by atoms with Gasteiger partial charge in [0.2, 0.25) is 0 Å². The number of aromatic nitrogens is 1. The van der Waals surface area contributed by atoms with Gasteiger partial charge < -0.3 is 5.32 Å². The molecule has 0 saturated carbocycles. The van der Waals surface area contributed by atoms with Gasteiger partial charge in [0, 0.05) is 22.3 Å². The fourth-order valence-corrected chi connectivity index (χ4v) is 2.60. The van der Waals surface area contributed by atoms with Gasteiger partial charge in [0.05, 0.1) is 0 Å². The predicted octanol–water partition coefficient (Wildman–Crippen LogP) is 4.06. The monoisotopic (exact) mass is 322 g/mol. The number of nitrogens with zero attached hydrogens (tertiary/aromatic N) is 1. The lowest BCUT2D eigenvalue weighted by atomic mass is 10.1. The van der Waals surface area contributed by atoms with E-state index in [2.05, 4.69) is 10.3 Å². The molecule has 0 radical (unpaired) electrons. The number of halogens is 2. The number of aryl methyl sites for hydroxylation is 1. The standard InChI is InChI=1S/C16H16Cl2N2O/c1-10(6-12-4-3-5-14(17)8-12)20-16(21)13-7-11(2)19-15(18)9-13/h3-5,7-10H,6H2,1-2H3,(H,20,21). The highest BCUT2D eigenvalue weighted by Crippen LogP contribution is 2.13. The Bertz CT molecular complexity index is 638. The van der Waals surface area contributed by atoms with Crippen molar-refractivity contribution in [1.82, 2.24) is 10.3 Å². The van der Waals surface area contributed by atoms with E-state index < -0.39 is 0 Å². The molecule has 0 saturated heterocycles. The van der Waals surface area contributed by atoms with Crippen LogP contribution in [-0.2, 0) is 6.42 Å². The van der Waals surface area contributed by atoms with Gasteiger partial charge in [0.25, 0.3) is 5.91 Å². The quantitative estimate of drug-likeness (QED) is 0.862. The minimum atomic E-state index is -0.156. The van der Waals surface area contributed by atoms with E-state index in [0.717, 1.165) is 11.3 Å². The van der Waals surface area contributed by atoms with E-state index in [9.17, 15) is 4.79 Å². The van der Waals surface area contributed by atoms with Gasteiger partial charge in [-0.3, -0.25) is 4.79 Å². The summed E-state index contributed by atoms with van der Waals surface area (Å²) >= 11 is 11.8. The van der Waals surface area contributed by atoms with Crippen molar-refractivity contribution in [1.29, 1.82) is 0 Å². The van der Waals surface area contributed by atoms with Crippen LogP contribution < -0.4 is 5.32 Å². The number of hydrogen-bond donors (Lipinski definition) is 1. The second kappa shape index (κ2) is 6.92. The molecule has 3 nitrogen and oxygen atoms in total. The number of benzene rings is 1. The van der Waals surface area contributed by atoms with Gasteiger partial charge in [-0.1, -0.05) is 35.3 Å². The van der Waals surface area contributed by atoms with Crippen LogP contribution in [0, 0.1) is 6.92 Å². The van der Waals surface area contributed by atoms with Crippen molar-refractivity contribution >= 4 is 29.1 Å². The first-order valence-corrected chi connectivity index (χ1v) is 7.39. The molecule has 1 amide bonds. The summed E-state index contributed by atoms with van der Waals surface area (Å²) in [5, 5.41) is 3.97. The maximum atomic E-state index is 12.2. The van der Waals surface area contributed by atoms with Gasteiger partial charge in [-0.05, 0) is 50.1 Å². The Morgan fingerprint density at radius 3 is 2.71 bits per heavy atom. The molecule has 1 atom stereocenters. The van der Waals surface area contributed by atoms with Crippen molar-refractivity contribution in [2.75, 3.05) is 0 Å². The summed E-state index contributed by atoms with van der Waals surface area (Å²) in [6, 6.07) is 10.9. The third kappa shape index (κ3) is 4.73. The first-order valence-electron chi connectivity index (χ1n) is 6.63. The Labute approximate surface area is 134 Å². The van der Waals surface area contributed by atoms with Crippen LogP contribution in [0.5, 0.6) is 0 Å². The third-order valence-electron chi connectivity index (χ3n) is 2.99. The summed E-state index contributed by atoms with van der Waals surface area (Å²) in [5.74, 6) is -0.156. The number of rotatable bonds is 4. The normalized spacial score (nSPS) is 12.0. The lowest BCUT2D eigenvalue weighted by Crippen LogP contribution is -2.34. The molecule has 21 heavy (non-hydrogen) atoms. The van der Waals surface area contributed by atoms with Crippen LogP contribution in [0.4, 0.5) is 0 Å². The molecular formula is C16H16Cl2N2O. The predicted molar refractivity (Wildman–Crippen MR) is 86.1 cm³/mol. The molecule has 0 bridgehead atoms. The summed E-state index contributed by atoms with van der Waals surface area (Å²) in [6.45, 7) is 3.76. The molecule has 0 aliphatic heterocycles. The minimum absolute atomic E-state index is 0.0109. The molecule has 2 rings (SSSR count). The summed E-state index contributed by atoms with van der Waals surface area (Å²) in [6.07, 6.45) is 0.712. The number of amides is 1. The zero-order valence-corrected chi connectivity index (χ0v) is 13.4. The molecule has 0 aliphatic carbocycles. The van der Waals surface area contributed by atoms with Crippen LogP contribution in [0.25, 0.3) is 0 Å². The maximum absolute atomic E-state index is 12.2. The Balaban J connectivity index is 2.02. The Kier molecular flexibility index (Phi) is 5.21. The molecule has 5 heteroatoms. The van der Waals surface area contributed by atoms with Crippen molar-refractivity contribution in [3.63, 3.8) is 0 Å². The Morgan fingerprint density at radius 1 is 1.29 bits per heavy atom. The Morgan fingerprint density at radius 2 is 2.05 bits per heavy atom. The first-order chi connectivity index (χ1) is 9.94. The van der Waals surface area contributed by atoms with Gasteiger partial charge >= 0.3 is 0 Å². The van der Waals surface area contributed by atoms with Gasteiger partial charge in [-0.15, -0.1) is 0 Å². The lowest BCUT2D eigenvalue weighted by Gasteiger charge is -2.14. The van der Waals surface area contributed by atoms with Crippen molar-refractivity contribution in [2.45, 2.75) is 26.3 Å². The van der Waals surface area contributed by atoms with E-state index >= 15 is 0 Å². The summed E-state index contributed by atoms with van der Waals surface area (Å²) in [5.41, 5.74) is 2.32. The van der Waals surface area contributed by atoms with Crippen LogP contribution >= 0.6 is 23.2 Å². The highest BCUT2D eigenvalue weighted by molar-refractivity contribution is 6.30. The average molecular weight is 323 g/mol.